The van der Waals surface area contributed by atoms with Gasteiger partial charge in [-0.05, 0) is 37.5 Å². The van der Waals surface area contributed by atoms with E-state index in [0.29, 0.717) is 10.7 Å². The average molecular weight is 279 g/mol. The minimum Gasteiger partial charge on any atom is -0.372 e. The van der Waals surface area contributed by atoms with Crippen molar-refractivity contribution in [3.63, 3.8) is 0 Å². The van der Waals surface area contributed by atoms with Crippen molar-refractivity contribution in [2.75, 3.05) is 5.32 Å². The highest BCUT2D eigenvalue weighted by atomic mass is 35.5. The number of carbonyl (C=O) groups excluding carboxylic acids is 2. The molecular weight excluding hydrogens is 264 g/mol. The van der Waals surface area contributed by atoms with Gasteiger partial charge in [0.05, 0.1) is 17.1 Å². The fraction of sp³-hybridized carbons (Fsp3) is 0.429. The van der Waals surface area contributed by atoms with Crippen LogP contribution in [-0.4, -0.2) is 28.8 Å². The number of halogens is 1. The number of nitrogens with zero attached hydrogens (tertiary/aromatic N) is 1. The first kappa shape index (κ1) is 12.5. The van der Waals surface area contributed by atoms with Crippen molar-refractivity contribution in [3.8, 4) is 0 Å². The monoisotopic (exact) mass is 278 g/mol. The Balaban J connectivity index is 1.76. The quantitative estimate of drug-likeness (QED) is 0.864. The van der Waals surface area contributed by atoms with Crippen LogP contribution in [0.15, 0.2) is 18.2 Å². The summed E-state index contributed by atoms with van der Waals surface area (Å²) in [4.78, 5) is 25.4. The van der Waals surface area contributed by atoms with Gasteiger partial charge < -0.3 is 5.32 Å². The molecule has 0 bridgehead atoms. The summed E-state index contributed by atoms with van der Waals surface area (Å²) in [6.45, 7) is 1.95. The van der Waals surface area contributed by atoms with Crippen molar-refractivity contribution in [2.24, 2.45) is 0 Å². The molecule has 4 nitrogen and oxygen atoms in total. The lowest BCUT2D eigenvalue weighted by molar-refractivity contribution is -0.139. The van der Waals surface area contributed by atoms with Gasteiger partial charge in [0.1, 0.15) is 6.04 Å². The normalized spacial score (nSPS) is 23.1. The molecule has 1 aromatic carbocycles. The van der Waals surface area contributed by atoms with E-state index >= 15 is 0 Å². The van der Waals surface area contributed by atoms with Crippen LogP contribution < -0.4 is 5.32 Å². The van der Waals surface area contributed by atoms with E-state index in [1.165, 1.54) is 4.90 Å². The number of hydrogen-bond donors (Lipinski definition) is 1. The van der Waals surface area contributed by atoms with Gasteiger partial charge in [-0.15, -0.1) is 0 Å². The maximum absolute atomic E-state index is 12.2. The summed E-state index contributed by atoms with van der Waals surface area (Å²) in [6, 6.07) is 5.27. The second-order valence-corrected chi connectivity index (χ2v) is 5.62. The molecule has 1 aliphatic carbocycles. The highest BCUT2D eigenvalue weighted by Crippen LogP contribution is 2.33. The van der Waals surface area contributed by atoms with Crippen LogP contribution in [0.5, 0.6) is 0 Å². The van der Waals surface area contributed by atoms with E-state index < -0.39 is 6.04 Å². The van der Waals surface area contributed by atoms with E-state index in [1.807, 2.05) is 25.1 Å². The minimum absolute atomic E-state index is 0.0757. The Hall–Kier alpha value is -1.55. The van der Waals surface area contributed by atoms with Crippen LogP contribution in [0.4, 0.5) is 5.69 Å². The molecule has 0 spiro atoms. The van der Waals surface area contributed by atoms with Crippen LogP contribution in [0.1, 0.15) is 24.8 Å². The fourth-order valence-electron chi connectivity index (χ4n) is 2.41. The van der Waals surface area contributed by atoms with Crippen LogP contribution in [0.3, 0.4) is 0 Å². The number of nitrogens with one attached hydrogen (secondary N) is 1. The van der Waals surface area contributed by atoms with E-state index in [0.717, 1.165) is 18.4 Å². The van der Waals surface area contributed by atoms with Crippen molar-refractivity contribution in [1.82, 2.24) is 4.90 Å². The first-order chi connectivity index (χ1) is 9.06. The summed E-state index contributed by atoms with van der Waals surface area (Å²) in [7, 11) is 0. The SMILES string of the molecule is Cc1ccc(NC2CC(=O)N(C3CC3)C2=O)c(Cl)c1. The standard InChI is InChI=1S/C14H15ClN2O2/c1-8-2-5-11(10(15)6-8)16-12-7-13(18)17(14(12)19)9-3-4-9/h2,5-6,9,12,16H,3-4,7H2,1H3. The van der Waals surface area contributed by atoms with E-state index in [4.69, 9.17) is 11.6 Å². The van der Waals surface area contributed by atoms with Crippen molar-refractivity contribution in [1.29, 1.82) is 0 Å². The molecule has 1 saturated heterocycles. The maximum atomic E-state index is 12.2. The predicted octanol–water partition coefficient (Wildman–Crippen LogP) is 2.35. The summed E-state index contributed by atoms with van der Waals surface area (Å²) in [5.41, 5.74) is 1.76. The van der Waals surface area contributed by atoms with E-state index in [2.05, 4.69) is 5.32 Å². The number of anilines is 1. The Labute approximate surface area is 116 Å². The molecule has 3 rings (SSSR count). The third-order valence-corrected chi connectivity index (χ3v) is 3.86. The van der Waals surface area contributed by atoms with Crippen molar-refractivity contribution >= 4 is 29.1 Å². The molecule has 1 aliphatic heterocycles. The molecular formula is C14H15ClN2O2. The van der Waals surface area contributed by atoms with Crippen molar-refractivity contribution in [2.45, 2.75) is 38.3 Å². The lowest BCUT2D eigenvalue weighted by atomic mass is 10.2. The van der Waals surface area contributed by atoms with Crippen LogP contribution in [0.2, 0.25) is 5.02 Å². The van der Waals surface area contributed by atoms with Crippen molar-refractivity contribution < 1.29 is 9.59 Å². The minimum atomic E-state index is -0.478. The molecule has 1 N–H and O–H groups in total. The Morgan fingerprint density at radius 1 is 1.32 bits per heavy atom. The van der Waals surface area contributed by atoms with Gasteiger partial charge in [-0.25, -0.2) is 0 Å². The molecule has 100 valence electrons. The van der Waals surface area contributed by atoms with Crippen LogP contribution >= 0.6 is 11.6 Å². The van der Waals surface area contributed by atoms with Gasteiger partial charge >= 0.3 is 0 Å². The van der Waals surface area contributed by atoms with E-state index in [9.17, 15) is 9.59 Å². The summed E-state index contributed by atoms with van der Waals surface area (Å²) in [5.74, 6) is -0.197. The second kappa shape index (κ2) is 4.53. The van der Waals surface area contributed by atoms with Gasteiger partial charge in [0.2, 0.25) is 5.91 Å². The zero-order valence-electron chi connectivity index (χ0n) is 10.6. The third-order valence-electron chi connectivity index (χ3n) is 3.55. The lowest BCUT2D eigenvalue weighted by Crippen LogP contribution is -2.36. The summed E-state index contributed by atoms with van der Waals surface area (Å²) in [6.07, 6.45) is 2.10. The number of benzene rings is 1. The zero-order chi connectivity index (χ0) is 13.6. The molecule has 1 aromatic rings. The predicted molar refractivity (Wildman–Crippen MR) is 73.1 cm³/mol. The summed E-state index contributed by atoms with van der Waals surface area (Å²) in [5, 5.41) is 3.66. The van der Waals surface area contributed by atoms with Crippen LogP contribution in [0.25, 0.3) is 0 Å². The van der Waals surface area contributed by atoms with Gasteiger partial charge in [0.25, 0.3) is 5.91 Å². The van der Waals surface area contributed by atoms with E-state index in [1.54, 1.807) is 0 Å². The highest BCUT2D eigenvalue weighted by molar-refractivity contribution is 6.33. The molecule has 1 unspecified atom stereocenters. The summed E-state index contributed by atoms with van der Waals surface area (Å²) >= 11 is 6.13. The summed E-state index contributed by atoms with van der Waals surface area (Å²) < 4.78 is 0. The smallest absolute Gasteiger partial charge is 0.252 e. The molecule has 19 heavy (non-hydrogen) atoms. The average Bonchev–Trinajstić information content (AvgIpc) is 3.12. The Kier molecular flexibility index (Phi) is 2.97. The highest BCUT2D eigenvalue weighted by Gasteiger charge is 2.46. The molecule has 0 aromatic heterocycles. The lowest BCUT2D eigenvalue weighted by Gasteiger charge is -2.16. The Morgan fingerprint density at radius 3 is 2.68 bits per heavy atom. The molecule has 2 amide bonds. The first-order valence-electron chi connectivity index (χ1n) is 6.45. The fourth-order valence-corrected chi connectivity index (χ4v) is 2.69. The largest absolute Gasteiger partial charge is 0.372 e. The number of hydrogen-bond acceptors (Lipinski definition) is 3. The number of likely N-dealkylation sites (tertiary alicyclic amines) is 1. The molecule has 0 radical (unpaired) electrons. The number of rotatable bonds is 3. The molecule has 1 atom stereocenters. The van der Waals surface area contributed by atoms with Gasteiger partial charge in [-0.2, -0.15) is 0 Å². The number of aryl methyl sites for hydroxylation is 1. The van der Waals surface area contributed by atoms with E-state index in [-0.39, 0.29) is 24.3 Å². The van der Waals surface area contributed by atoms with Crippen LogP contribution in [0, 0.1) is 6.92 Å². The second-order valence-electron chi connectivity index (χ2n) is 5.22. The van der Waals surface area contributed by atoms with Gasteiger partial charge in [-0.1, -0.05) is 17.7 Å². The van der Waals surface area contributed by atoms with Crippen LogP contribution in [-0.2, 0) is 9.59 Å². The maximum Gasteiger partial charge on any atom is 0.252 e. The van der Waals surface area contributed by atoms with Gasteiger partial charge in [-0.3, -0.25) is 14.5 Å². The number of carbonyl (C=O) groups is 2. The molecule has 2 aliphatic rings. The Morgan fingerprint density at radius 2 is 2.05 bits per heavy atom. The van der Waals surface area contributed by atoms with Gasteiger partial charge in [0.15, 0.2) is 0 Å². The zero-order valence-corrected chi connectivity index (χ0v) is 11.4. The number of imide groups is 1. The topological polar surface area (TPSA) is 49.4 Å². The molecule has 1 heterocycles. The number of amides is 2. The van der Waals surface area contributed by atoms with Gasteiger partial charge in [0, 0.05) is 6.04 Å². The Bertz CT molecular complexity index is 554. The molecule has 2 fully saturated rings. The third kappa shape index (κ3) is 2.32. The molecule has 5 heteroatoms. The first-order valence-corrected chi connectivity index (χ1v) is 6.82. The van der Waals surface area contributed by atoms with Crippen molar-refractivity contribution in [3.05, 3.63) is 28.8 Å². The molecule has 1 saturated carbocycles.